The molecule has 0 saturated heterocycles. The molecular formula is C15H17BrClNO2. The van der Waals surface area contributed by atoms with Crippen molar-refractivity contribution >= 4 is 33.4 Å². The highest BCUT2D eigenvalue weighted by atomic mass is 79.9. The molecule has 0 bridgehead atoms. The van der Waals surface area contributed by atoms with Crippen LogP contribution in [0.15, 0.2) is 46.1 Å². The summed E-state index contributed by atoms with van der Waals surface area (Å²) >= 11 is 9.10. The predicted molar refractivity (Wildman–Crippen MR) is 85.3 cm³/mol. The quantitative estimate of drug-likeness (QED) is 0.619. The van der Waals surface area contributed by atoms with Crippen LogP contribution in [0.25, 0.3) is 0 Å². The molecule has 1 heterocycles. The van der Waals surface area contributed by atoms with Crippen LogP contribution in [-0.2, 0) is 4.74 Å². The lowest BCUT2D eigenvalue weighted by Gasteiger charge is -2.14. The number of hydrogen-bond acceptors (Lipinski definition) is 3. The molecule has 1 aromatic rings. The van der Waals surface area contributed by atoms with Gasteiger partial charge in [-0.05, 0) is 47.3 Å². The van der Waals surface area contributed by atoms with Crippen molar-refractivity contribution in [3.63, 3.8) is 0 Å². The maximum atomic E-state index is 10.2. The van der Waals surface area contributed by atoms with Crippen molar-refractivity contribution in [3.05, 3.63) is 46.6 Å². The van der Waals surface area contributed by atoms with Gasteiger partial charge in [0.05, 0.1) is 11.7 Å². The van der Waals surface area contributed by atoms with Gasteiger partial charge in [-0.2, -0.15) is 0 Å². The van der Waals surface area contributed by atoms with Crippen LogP contribution in [0.2, 0.25) is 0 Å². The zero-order valence-corrected chi connectivity index (χ0v) is 13.4. The molecule has 108 valence electrons. The van der Waals surface area contributed by atoms with E-state index in [9.17, 15) is 5.11 Å². The molecular weight excluding hydrogens is 342 g/mol. The molecule has 0 radical (unpaired) electrons. The Bertz CT molecular complexity index is 518. The number of alkyl halides is 1. The molecule has 0 saturated carbocycles. The van der Waals surface area contributed by atoms with E-state index in [0.717, 1.165) is 22.9 Å². The van der Waals surface area contributed by atoms with Crippen LogP contribution in [0, 0.1) is 0 Å². The summed E-state index contributed by atoms with van der Waals surface area (Å²) in [5.41, 5.74) is 0.865. The molecule has 0 spiro atoms. The highest BCUT2D eigenvalue weighted by Crippen LogP contribution is 2.27. The van der Waals surface area contributed by atoms with Crippen LogP contribution >= 0.6 is 27.5 Å². The van der Waals surface area contributed by atoms with Gasteiger partial charge in [0.25, 0.3) is 0 Å². The smallest absolute Gasteiger partial charge is 0.223 e. The van der Waals surface area contributed by atoms with Crippen LogP contribution in [-0.4, -0.2) is 29.0 Å². The van der Waals surface area contributed by atoms with Gasteiger partial charge in [0.1, 0.15) is 11.8 Å². The van der Waals surface area contributed by atoms with Gasteiger partial charge in [0.15, 0.2) is 0 Å². The molecule has 0 amide bonds. The van der Waals surface area contributed by atoms with Crippen LogP contribution in [0.5, 0.6) is 0 Å². The number of rotatable bonds is 6. The standard InChI is InChI=1S/C15H17BrClNO2/c1-10-14(13(19)8-4-5-9-17)18-15(20-10)11-6-2-3-7-12(11)16/h2-3,6-7,13-14,19H,1,4-5,8-9H2/t13-,14+/m1/s1. The summed E-state index contributed by atoms with van der Waals surface area (Å²) in [5, 5.41) is 10.2. The normalized spacial score (nSPS) is 19.6. The van der Waals surface area contributed by atoms with Gasteiger partial charge in [-0.1, -0.05) is 18.7 Å². The van der Waals surface area contributed by atoms with Crippen LogP contribution in [0.3, 0.4) is 0 Å². The number of ether oxygens (including phenoxy) is 1. The Balaban J connectivity index is 2.09. The molecule has 1 aromatic carbocycles. The second-order valence-electron chi connectivity index (χ2n) is 4.68. The largest absolute Gasteiger partial charge is 0.441 e. The Labute approximate surface area is 132 Å². The lowest BCUT2D eigenvalue weighted by atomic mass is 10.0. The Kier molecular flexibility index (Phi) is 5.64. The zero-order chi connectivity index (χ0) is 14.5. The number of aliphatic hydroxyl groups is 1. The van der Waals surface area contributed by atoms with E-state index in [2.05, 4.69) is 27.5 Å². The van der Waals surface area contributed by atoms with Gasteiger partial charge in [-0.15, -0.1) is 11.6 Å². The lowest BCUT2D eigenvalue weighted by molar-refractivity contribution is 0.137. The molecule has 0 unspecified atom stereocenters. The Morgan fingerprint density at radius 1 is 1.40 bits per heavy atom. The third-order valence-electron chi connectivity index (χ3n) is 3.17. The van der Waals surface area contributed by atoms with Gasteiger partial charge >= 0.3 is 0 Å². The Hall–Kier alpha value is -0.840. The van der Waals surface area contributed by atoms with E-state index in [1.54, 1.807) is 0 Å². The monoisotopic (exact) mass is 357 g/mol. The third kappa shape index (κ3) is 3.62. The SMILES string of the molecule is C=C1OC(c2ccccc2Br)=N[C@@H]1[C@H](O)CCCCCl. The topological polar surface area (TPSA) is 41.8 Å². The fraction of sp³-hybridized carbons (Fsp3) is 0.400. The van der Waals surface area contributed by atoms with Gasteiger partial charge in [-0.3, -0.25) is 0 Å². The van der Waals surface area contributed by atoms with E-state index < -0.39 is 12.1 Å². The molecule has 0 fully saturated rings. The molecule has 0 aliphatic carbocycles. The molecule has 1 N–H and O–H groups in total. The van der Waals surface area contributed by atoms with E-state index in [-0.39, 0.29) is 0 Å². The van der Waals surface area contributed by atoms with Crippen molar-refractivity contribution in [1.29, 1.82) is 0 Å². The molecule has 1 aliphatic heterocycles. The number of benzene rings is 1. The second-order valence-corrected chi connectivity index (χ2v) is 5.91. The van der Waals surface area contributed by atoms with E-state index in [4.69, 9.17) is 16.3 Å². The van der Waals surface area contributed by atoms with Crippen LogP contribution < -0.4 is 0 Å². The summed E-state index contributed by atoms with van der Waals surface area (Å²) < 4.78 is 6.51. The molecule has 2 rings (SSSR count). The summed E-state index contributed by atoms with van der Waals surface area (Å²) in [6, 6.07) is 7.29. The summed E-state index contributed by atoms with van der Waals surface area (Å²) in [7, 11) is 0. The number of aliphatic hydroxyl groups excluding tert-OH is 1. The number of unbranched alkanes of at least 4 members (excludes halogenated alkanes) is 1. The maximum absolute atomic E-state index is 10.2. The highest BCUT2D eigenvalue weighted by Gasteiger charge is 2.31. The minimum Gasteiger partial charge on any atom is -0.441 e. The molecule has 1 aliphatic rings. The number of aliphatic imine (C=N–C) groups is 1. The first kappa shape index (κ1) is 15.5. The van der Waals surface area contributed by atoms with Crippen molar-refractivity contribution in [1.82, 2.24) is 0 Å². The summed E-state index contributed by atoms with van der Waals surface area (Å²) in [6.45, 7) is 3.85. The van der Waals surface area contributed by atoms with Gasteiger partial charge in [0, 0.05) is 10.4 Å². The average molecular weight is 359 g/mol. The van der Waals surface area contributed by atoms with Crippen molar-refractivity contribution in [2.75, 3.05) is 5.88 Å². The summed E-state index contributed by atoms with van der Waals surface area (Å²) in [4.78, 5) is 4.46. The molecule has 20 heavy (non-hydrogen) atoms. The number of hydrogen-bond donors (Lipinski definition) is 1. The van der Waals surface area contributed by atoms with E-state index >= 15 is 0 Å². The second kappa shape index (κ2) is 7.25. The minimum atomic E-state index is -0.578. The lowest BCUT2D eigenvalue weighted by Crippen LogP contribution is -2.23. The zero-order valence-electron chi connectivity index (χ0n) is 11.1. The van der Waals surface area contributed by atoms with E-state index in [0.29, 0.717) is 24.0 Å². The van der Waals surface area contributed by atoms with Crippen LogP contribution in [0.1, 0.15) is 24.8 Å². The fourth-order valence-corrected chi connectivity index (χ4v) is 2.72. The predicted octanol–water partition coefficient (Wildman–Crippen LogP) is 3.88. The first-order chi connectivity index (χ1) is 9.63. The first-order valence-electron chi connectivity index (χ1n) is 6.57. The molecule has 0 aromatic heterocycles. The fourth-order valence-electron chi connectivity index (χ4n) is 2.07. The molecule has 3 nitrogen and oxygen atoms in total. The van der Waals surface area contributed by atoms with E-state index in [1.165, 1.54) is 0 Å². The van der Waals surface area contributed by atoms with Crippen molar-refractivity contribution in [2.45, 2.75) is 31.4 Å². The number of halogens is 2. The summed E-state index contributed by atoms with van der Waals surface area (Å²) in [5.74, 6) is 1.61. The minimum absolute atomic E-state index is 0.396. The summed E-state index contributed by atoms with van der Waals surface area (Å²) in [6.07, 6.45) is 1.83. The first-order valence-corrected chi connectivity index (χ1v) is 7.89. The van der Waals surface area contributed by atoms with Gasteiger partial charge < -0.3 is 9.84 Å². The highest BCUT2D eigenvalue weighted by molar-refractivity contribution is 9.10. The van der Waals surface area contributed by atoms with Gasteiger partial charge in [0.2, 0.25) is 5.90 Å². The van der Waals surface area contributed by atoms with Crippen molar-refractivity contribution in [3.8, 4) is 0 Å². The Morgan fingerprint density at radius 2 is 2.15 bits per heavy atom. The third-order valence-corrected chi connectivity index (χ3v) is 4.13. The average Bonchev–Trinajstić information content (AvgIpc) is 2.81. The van der Waals surface area contributed by atoms with E-state index in [1.807, 2.05) is 24.3 Å². The van der Waals surface area contributed by atoms with Gasteiger partial charge in [-0.25, -0.2) is 4.99 Å². The Morgan fingerprint density at radius 3 is 2.85 bits per heavy atom. The number of nitrogens with zero attached hydrogens (tertiary/aromatic N) is 1. The molecule has 2 atom stereocenters. The van der Waals surface area contributed by atoms with Crippen molar-refractivity contribution < 1.29 is 9.84 Å². The maximum Gasteiger partial charge on any atom is 0.223 e. The molecule has 5 heteroatoms. The van der Waals surface area contributed by atoms with Crippen molar-refractivity contribution in [2.24, 2.45) is 4.99 Å². The van der Waals surface area contributed by atoms with Crippen LogP contribution in [0.4, 0.5) is 0 Å².